The number of anilines is 1. The Balaban J connectivity index is 1.84. The lowest BCUT2D eigenvalue weighted by molar-refractivity contribution is 0.475. The van der Waals surface area contributed by atoms with Crippen molar-refractivity contribution in [2.24, 2.45) is 0 Å². The maximum atomic E-state index is 9.51. The Morgan fingerprint density at radius 2 is 1.87 bits per heavy atom. The van der Waals surface area contributed by atoms with E-state index in [1.165, 1.54) is 5.56 Å². The van der Waals surface area contributed by atoms with Crippen LogP contribution in [0.2, 0.25) is 5.02 Å². The van der Waals surface area contributed by atoms with Crippen LogP contribution in [0.1, 0.15) is 18.5 Å². The van der Waals surface area contributed by atoms with E-state index in [0.717, 1.165) is 5.56 Å². The summed E-state index contributed by atoms with van der Waals surface area (Å²) >= 11 is 5.95. The zero-order chi connectivity index (χ0) is 16.2. The van der Waals surface area contributed by atoms with Crippen molar-refractivity contribution >= 4 is 17.4 Å². The molecule has 4 nitrogen and oxygen atoms in total. The highest BCUT2D eigenvalue weighted by atomic mass is 35.5. The monoisotopic (exact) mass is 325 g/mol. The van der Waals surface area contributed by atoms with Gasteiger partial charge in [-0.15, -0.1) is 0 Å². The first-order chi connectivity index (χ1) is 11.1. The second kappa shape index (κ2) is 6.67. The first-order valence-electron chi connectivity index (χ1n) is 7.26. The fourth-order valence-corrected chi connectivity index (χ4v) is 2.47. The van der Waals surface area contributed by atoms with Crippen LogP contribution in [-0.4, -0.2) is 15.1 Å². The molecule has 2 N–H and O–H groups in total. The summed E-state index contributed by atoms with van der Waals surface area (Å²) in [5, 5.41) is 13.1. The van der Waals surface area contributed by atoms with Crippen LogP contribution >= 0.6 is 11.6 Å². The van der Waals surface area contributed by atoms with E-state index >= 15 is 0 Å². The maximum Gasteiger partial charge on any atom is 0.145 e. The summed E-state index contributed by atoms with van der Waals surface area (Å²) in [6, 6.07) is 15.2. The van der Waals surface area contributed by atoms with Gasteiger partial charge in [0.15, 0.2) is 0 Å². The third kappa shape index (κ3) is 3.60. The molecule has 0 bridgehead atoms. The molecule has 116 valence electrons. The van der Waals surface area contributed by atoms with E-state index in [1.54, 1.807) is 30.6 Å². The van der Waals surface area contributed by atoms with E-state index in [4.69, 9.17) is 11.6 Å². The van der Waals surface area contributed by atoms with Gasteiger partial charge in [-0.05, 0) is 30.7 Å². The molecule has 0 saturated heterocycles. The first-order valence-corrected chi connectivity index (χ1v) is 7.63. The summed E-state index contributed by atoms with van der Waals surface area (Å²) in [6.07, 6.45) is 3.35. The van der Waals surface area contributed by atoms with Gasteiger partial charge >= 0.3 is 0 Å². The van der Waals surface area contributed by atoms with Gasteiger partial charge in [-0.2, -0.15) is 0 Å². The minimum absolute atomic E-state index is 0.0513. The molecular formula is C18H16ClN3O. The lowest BCUT2D eigenvalue weighted by Gasteiger charge is -2.15. The van der Waals surface area contributed by atoms with Crippen LogP contribution in [-0.2, 0) is 0 Å². The maximum absolute atomic E-state index is 9.51. The van der Waals surface area contributed by atoms with Crippen molar-refractivity contribution in [3.8, 4) is 17.0 Å². The summed E-state index contributed by atoms with van der Waals surface area (Å²) in [4.78, 5) is 8.79. The number of nitrogens with zero attached hydrogens (tertiary/aromatic N) is 2. The van der Waals surface area contributed by atoms with E-state index in [1.807, 2.05) is 18.2 Å². The number of hydrogen-bond acceptors (Lipinski definition) is 4. The van der Waals surface area contributed by atoms with E-state index in [-0.39, 0.29) is 11.8 Å². The molecule has 0 saturated carbocycles. The number of benzene rings is 2. The van der Waals surface area contributed by atoms with Crippen LogP contribution in [0.4, 0.5) is 5.82 Å². The number of aromatic hydroxyl groups is 1. The summed E-state index contributed by atoms with van der Waals surface area (Å²) in [5.41, 5.74) is 2.67. The number of hydrogen-bond donors (Lipinski definition) is 2. The van der Waals surface area contributed by atoms with Crippen LogP contribution in [0.15, 0.2) is 60.9 Å². The zero-order valence-corrected chi connectivity index (χ0v) is 13.3. The minimum atomic E-state index is 0.0513. The molecule has 0 aliphatic rings. The Hall–Kier alpha value is -2.59. The highest BCUT2D eigenvalue weighted by Crippen LogP contribution is 2.29. The summed E-state index contributed by atoms with van der Waals surface area (Å²) in [7, 11) is 0. The molecule has 23 heavy (non-hydrogen) atoms. The van der Waals surface area contributed by atoms with E-state index < -0.39 is 0 Å². The van der Waals surface area contributed by atoms with Crippen LogP contribution < -0.4 is 5.32 Å². The average molecular weight is 326 g/mol. The topological polar surface area (TPSA) is 58.0 Å². The standard InChI is InChI=1S/C18H16ClN3O/c1-12(13-5-3-2-4-6-13)21-18-11-20-10-16(22-18)14-7-8-17(23)15(19)9-14/h2-12,23H,1H3,(H,21,22). The normalized spacial score (nSPS) is 11.9. The van der Waals surface area contributed by atoms with Gasteiger partial charge in [0.05, 0.1) is 23.1 Å². The third-order valence-electron chi connectivity index (χ3n) is 3.54. The molecule has 5 heteroatoms. The Kier molecular flexibility index (Phi) is 4.44. The average Bonchev–Trinajstić information content (AvgIpc) is 2.58. The number of rotatable bonds is 4. The lowest BCUT2D eigenvalue weighted by atomic mass is 10.1. The Morgan fingerprint density at radius 1 is 1.09 bits per heavy atom. The largest absolute Gasteiger partial charge is 0.506 e. The van der Waals surface area contributed by atoms with Gasteiger partial charge < -0.3 is 10.4 Å². The molecule has 3 aromatic rings. The van der Waals surface area contributed by atoms with Gasteiger partial charge in [-0.1, -0.05) is 41.9 Å². The van der Waals surface area contributed by atoms with Gasteiger partial charge in [0, 0.05) is 11.6 Å². The van der Waals surface area contributed by atoms with Crippen molar-refractivity contribution in [2.45, 2.75) is 13.0 Å². The van der Waals surface area contributed by atoms with Crippen LogP contribution in [0.25, 0.3) is 11.3 Å². The predicted molar refractivity (Wildman–Crippen MR) is 92.6 cm³/mol. The first kappa shape index (κ1) is 15.3. The van der Waals surface area contributed by atoms with Crippen molar-refractivity contribution in [3.05, 3.63) is 71.5 Å². The highest BCUT2D eigenvalue weighted by molar-refractivity contribution is 6.32. The molecule has 0 spiro atoms. The Morgan fingerprint density at radius 3 is 2.61 bits per heavy atom. The van der Waals surface area contributed by atoms with E-state index in [2.05, 4.69) is 34.3 Å². The molecule has 0 radical (unpaired) electrons. The van der Waals surface area contributed by atoms with Gasteiger partial charge in [-0.25, -0.2) is 4.98 Å². The molecule has 0 amide bonds. The van der Waals surface area contributed by atoms with Gasteiger partial charge in [-0.3, -0.25) is 4.98 Å². The second-order valence-corrected chi connectivity index (χ2v) is 5.64. The fourth-order valence-electron chi connectivity index (χ4n) is 2.29. The number of phenols is 1. The van der Waals surface area contributed by atoms with Gasteiger partial charge in [0.2, 0.25) is 0 Å². The number of halogens is 1. The predicted octanol–water partition coefficient (Wildman–Crippen LogP) is 4.68. The lowest BCUT2D eigenvalue weighted by Crippen LogP contribution is -2.08. The smallest absolute Gasteiger partial charge is 0.145 e. The molecule has 1 atom stereocenters. The van der Waals surface area contributed by atoms with Crippen molar-refractivity contribution in [1.29, 1.82) is 0 Å². The number of phenolic OH excluding ortho intramolecular Hbond substituents is 1. The summed E-state index contributed by atoms with van der Waals surface area (Å²) in [5.74, 6) is 0.735. The van der Waals surface area contributed by atoms with Crippen molar-refractivity contribution < 1.29 is 5.11 Å². The number of aromatic nitrogens is 2. The molecule has 0 aliphatic heterocycles. The van der Waals surface area contributed by atoms with Gasteiger partial charge in [0.25, 0.3) is 0 Å². The van der Waals surface area contributed by atoms with Gasteiger partial charge in [0.1, 0.15) is 11.6 Å². The molecular weight excluding hydrogens is 310 g/mol. The van der Waals surface area contributed by atoms with Crippen molar-refractivity contribution in [2.75, 3.05) is 5.32 Å². The quantitative estimate of drug-likeness (QED) is 0.731. The second-order valence-electron chi connectivity index (χ2n) is 5.23. The Bertz CT molecular complexity index is 808. The van der Waals surface area contributed by atoms with Crippen molar-refractivity contribution in [1.82, 2.24) is 9.97 Å². The Labute approximate surface area is 139 Å². The molecule has 1 heterocycles. The molecule has 2 aromatic carbocycles. The minimum Gasteiger partial charge on any atom is -0.506 e. The zero-order valence-electron chi connectivity index (χ0n) is 12.6. The van der Waals surface area contributed by atoms with Crippen LogP contribution in [0, 0.1) is 0 Å². The molecule has 0 fully saturated rings. The van der Waals surface area contributed by atoms with E-state index in [0.29, 0.717) is 16.5 Å². The third-order valence-corrected chi connectivity index (χ3v) is 3.84. The summed E-state index contributed by atoms with van der Waals surface area (Å²) in [6.45, 7) is 2.07. The molecule has 3 rings (SSSR count). The SMILES string of the molecule is CC(Nc1cncc(-c2ccc(O)c(Cl)c2)n1)c1ccccc1. The van der Waals surface area contributed by atoms with Crippen molar-refractivity contribution in [3.63, 3.8) is 0 Å². The summed E-state index contributed by atoms with van der Waals surface area (Å²) < 4.78 is 0. The number of nitrogens with one attached hydrogen (secondary N) is 1. The molecule has 0 aliphatic carbocycles. The molecule has 1 unspecified atom stereocenters. The highest BCUT2D eigenvalue weighted by Gasteiger charge is 2.08. The fraction of sp³-hybridized carbons (Fsp3) is 0.111. The van der Waals surface area contributed by atoms with Crippen LogP contribution in [0.3, 0.4) is 0 Å². The van der Waals surface area contributed by atoms with Crippen LogP contribution in [0.5, 0.6) is 5.75 Å². The van der Waals surface area contributed by atoms with E-state index in [9.17, 15) is 5.11 Å². The molecule has 1 aromatic heterocycles.